The van der Waals surface area contributed by atoms with E-state index in [9.17, 15) is 19.5 Å². The molecule has 4 unspecified atom stereocenters. The van der Waals surface area contributed by atoms with E-state index in [1.165, 1.54) is 0 Å². The molecule has 0 heterocycles. The van der Waals surface area contributed by atoms with Crippen molar-refractivity contribution in [2.75, 3.05) is 19.4 Å². The van der Waals surface area contributed by atoms with E-state index in [2.05, 4.69) is 9.24 Å². The Morgan fingerprint density at radius 1 is 1.08 bits per heavy atom. The maximum atomic E-state index is 12.1. The third-order valence-corrected chi connectivity index (χ3v) is 4.90. The van der Waals surface area contributed by atoms with Gasteiger partial charge in [0.15, 0.2) is 0 Å². The lowest BCUT2D eigenvalue weighted by Crippen LogP contribution is -2.34. The molecule has 1 rings (SSSR count). The summed E-state index contributed by atoms with van der Waals surface area (Å²) in [6.45, 7) is 4.07. The van der Waals surface area contributed by atoms with Crippen LogP contribution in [-0.2, 0) is 23.9 Å². The van der Waals surface area contributed by atoms with Crippen LogP contribution in [0, 0.1) is 23.7 Å². The van der Waals surface area contributed by atoms with Crippen LogP contribution < -0.4 is 0 Å². The van der Waals surface area contributed by atoms with Gasteiger partial charge in [0, 0.05) is 0 Å². The molecule has 0 radical (unpaired) electrons. The number of rotatable bonds is 9. The molecule has 1 N–H and O–H groups in total. The Balaban J connectivity index is 2.34. The minimum atomic E-state index is -0.944. The monoisotopic (exact) mass is 360 g/mol. The van der Waals surface area contributed by atoms with Gasteiger partial charge in [0.25, 0.3) is 0 Å². The average molecular weight is 360 g/mol. The lowest BCUT2D eigenvalue weighted by Gasteiger charge is -2.26. The third-order valence-electron chi connectivity index (χ3n) is 4.33. The molecule has 0 amide bonds. The van der Waals surface area contributed by atoms with Gasteiger partial charge >= 0.3 is 17.9 Å². The quantitative estimate of drug-likeness (QED) is 0.386. The first-order chi connectivity index (χ1) is 11.4. The molecule has 0 bridgehead atoms. The number of ether oxygens (including phenoxy) is 2. The van der Waals surface area contributed by atoms with Crippen LogP contribution in [0.1, 0.15) is 46.0 Å². The van der Waals surface area contributed by atoms with Crippen LogP contribution >= 0.6 is 9.24 Å². The summed E-state index contributed by atoms with van der Waals surface area (Å²) >= 11 is 0. The maximum Gasteiger partial charge on any atom is 0.309 e. The molecular formula is C17H29O6P. The van der Waals surface area contributed by atoms with Crippen LogP contribution in [0.5, 0.6) is 0 Å². The number of carbonyl (C=O) groups excluding carboxylic acids is 2. The van der Waals surface area contributed by atoms with E-state index in [4.69, 9.17) is 9.47 Å². The Hall–Kier alpha value is -1.16. The Morgan fingerprint density at radius 2 is 1.67 bits per heavy atom. The van der Waals surface area contributed by atoms with E-state index in [0.717, 1.165) is 19.3 Å². The highest BCUT2D eigenvalue weighted by Crippen LogP contribution is 2.31. The van der Waals surface area contributed by atoms with Crippen molar-refractivity contribution in [1.82, 2.24) is 0 Å². The summed E-state index contributed by atoms with van der Waals surface area (Å²) in [6, 6.07) is 0. The van der Waals surface area contributed by atoms with Gasteiger partial charge in [-0.2, -0.15) is 0 Å². The van der Waals surface area contributed by atoms with E-state index in [-0.39, 0.29) is 25.1 Å². The zero-order valence-electron chi connectivity index (χ0n) is 14.5. The number of hydrogen-bond acceptors (Lipinski definition) is 5. The molecule has 6 nitrogen and oxygen atoms in total. The van der Waals surface area contributed by atoms with Crippen molar-refractivity contribution >= 4 is 27.1 Å². The van der Waals surface area contributed by atoms with Crippen molar-refractivity contribution < 1.29 is 29.0 Å². The standard InChI is InChI=1S/C17H29O6P/c1-11(2)9-12(10-24)16(20)22-7-8-23-17(21)14-6-4-3-5-13(14)15(18)19/h11-14H,3-10,24H2,1-2H3,(H,18,19). The molecule has 0 aromatic carbocycles. The number of hydrogen-bond donors (Lipinski definition) is 1. The second kappa shape index (κ2) is 10.7. The summed E-state index contributed by atoms with van der Waals surface area (Å²) in [6.07, 6.45) is 4.10. The Bertz CT molecular complexity index is 437. The molecule has 1 saturated carbocycles. The van der Waals surface area contributed by atoms with Crippen LogP contribution in [0.2, 0.25) is 0 Å². The highest BCUT2D eigenvalue weighted by molar-refractivity contribution is 7.16. The topological polar surface area (TPSA) is 89.9 Å². The lowest BCUT2D eigenvalue weighted by atomic mass is 9.79. The highest BCUT2D eigenvalue weighted by atomic mass is 31.0. The van der Waals surface area contributed by atoms with E-state index in [0.29, 0.717) is 24.9 Å². The molecule has 0 aromatic heterocycles. The van der Waals surface area contributed by atoms with Crippen molar-refractivity contribution in [3.8, 4) is 0 Å². The van der Waals surface area contributed by atoms with E-state index < -0.39 is 23.8 Å². The smallest absolute Gasteiger partial charge is 0.309 e. The highest BCUT2D eigenvalue weighted by Gasteiger charge is 2.36. The summed E-state index contributed by atoms with van der Waals surface area (Å²) in [5, 5.41) is 9.18. The van der Waals surface area contributed by atoms with Crippen molar-refractivity contribution in [2.45, 2.75) is 46.0 Å². The summed E-state index contributed by atoms with van der Waals surface area (Å²) in [5.74, 6) is -2.74. The van der Waals surface area contributed by atoms with Gasteiger partial charge in [-0.1, -0.05) is 26.7 Å². The predicted octanol–water partition coefficient (Wildman–Crippen LogP) is 2.50. The molecule has 1 aliphatic carbocycles. The fourth-order valence-electron chi connectivity index (χ4n) is 3.08. The van der Waals surface area contributed by atoms with Gasteiger partial charge in [0.05, 0.1) is 17.8 Å². The first kappa shape index (κ1) is 20.9. The zero-order valence-corrected chi connectivity index (χ0v) is 15.7. The Kier molecular flexibility index (Phi) is 9.27. The van der Waals surface area contributed by atoms with Crippen LogP contribution in [-0.4, -0.2) is 42.4 Å². The van der Waals surface area contributed by atoms with Gasteiger partial charge in [-0.15, -0.1) is 9.24 Å². The molecule has 0 spiro atoms. The van der Waals surface area contributed by atoms with Gasteiger partial charge in [-0.25, -0.2) is 0 Å². The minimum absolute atomic E-state index is 0.00823. The molecule has 24 heavy (non-hydrogen) atoms. The molecule has 0 aliphatic heterocycles. The number of carboxylic acid groups (broad SMARTS) is 1. The fourth-order valence-corrected chi connectivity index (χ4v) is 3.46. The normalized spacial score (nSPS) is 22.0. The molecule has 1 fully saturated rings. The van der Waals surface area contributed by atoms with Crippen molar-refractivity contribution in [3.63, 3.8) is 0 Å². The van der Waals surface area contributed by atoms with Crippen LogP contribution in [0.3, 0.4) is 0 Å². The van der Waals surface area contributed by atoms with Crippen molar-refractivity contribution in [1.29, 1.82) is 0 Å². The molecule has 1 aliphatic rings. The van der Waals surface area contributed by atoms with Crippen LogP contribution in [0.15, 0.2) is 0 Å². The van der Waals surface area contributed by atoms with Gasteiger partial charge in [0.1, 0.15) is 13.2 Å². The summed E-state index contributed by atoms with van der Waals surface area (Å²) in [7, 11) is 2.55. The largest absolute Gasteiger partial charge is 0.481 e. The number of carboxylic acids is 1. The first-order valence-electron chi connectivity index (χ1n) is 8.63. The third kappa shape index (κ3) is 6.76. The molecule has 0 aromatic rings. The summed E-state index contributed by atoms with van der Waals surface area (Å²) in [5.41, 5.74) is 0. The molecule has 0 saturated heterocycles. The molecule has 138 valence electrons. The lowest BCUT2D eigenvalue weighted by molar-refractivity contribution is -0.163. The van der Waals surface area contributed by atoms with Crippen molar-refractivity contribution in [3.05, 3.63) is 0 Å². The summed E-state index contributed by atoms with van der Waals surface area (Å²) in [4.78, 5) is 35.2. The van der Waals surface area contributed by atoms with E-state index in [1.807, 2.05) is 13.8 Å². The SMILES string of the molecule is CC(C)CC(CP)C(=O)OCCOC(=O)C1CCCCC1C(=O)O. The van der Waals surface area contributed by atoms with Gasteiger partial charge in [0.2, 0.25) is 0 Å². The number of aliphatic carboxylic acids is 1. The van der Waals surface area contributed by atoms with Crippen LogP contribution in [0.4, 0.5) is 0 Å². The predicted molar refractivity (Wildman–Crippen MR) is 92.5 cm³/mol. The average Bonchev–Trinajstić information content (AvgIpc) is 2.55. The maximum absolute atomic E-state index is 12.1. The Morgan fingerprint density at radius 3 is 2.21 bits per heavy atom. The second-order valence-electron chi connectivity index (χ2n) is 6.73. The van der Waals surface area contributed by atoms with Crippen LogP contribution in [0.25, 0.3) is 0 Å². The van der Waals surface area contributed by atoms with E-state index in [1.54, 1.807) is 0 Å². The minimum Gasteiger partial charge on any atom is -0.481 e. The van der Waals surface area contributed by atoms with Gasteiger partial charge < -0.3 is 14.6 Å². The number of carbonyl (C=O) groups is 3. The first-order valence-corrected chi connectivity index (χ1v) is 9.44. The zero-order chi connectivity index (χ0) is 18.1. The number of esters is 2. The summed E-state index contributed by atoms with van der Waals surface area (Å²) < 4.78 is 10.3. The van der Waals surface area contributed by atoms with Crippen molar-refractivity contribution in [2.24, 2.45) is 23.7 Å². The van der Waals surface area contributed by atoms with Gasteiger partial charge in [-0.05, 0) is 31.3 Å². The van der Waals surface area contributed by atoms with Gasteiger partial charge in [-0.3, -0.25) is 14.4 Å². The molecular weight excluding hydrogens is 331 g/mol. The Labute approximate surface area is 145 Å². The fraction of sp³-hybridized carbons (Fsp3) is 0.824. The van der Waals surface area contributed by atoms with E-state index >= 15 is 0 Å². The molecule has 7 heteroatoms. The second-order valence-corrected chi connectivity index (χ2v) is 7.20. The molecule has 4 atom stereocenters.